The fraction of sp³-hybridized carbons (Fsp3) is 0.111. The second kappa shape index (κ2) is 11.8. The third kappa shape index (κ3) is 6.49. The quantitative estimate of drug-likeness (QED) is 0.293. The van der Waals surface area contributed by atoms with Crippen LogP contribution in [0.1, 0.15) is 11.1 Å². The van der Waals surface area contributed by atoms with Gasteiger partial charge >= 0.3 is 6.09 Å². The molecule has 2 amide bonds. The van der Waals surface area contributed by atoms with Crippen LogP contribution in [0.25, 0.3) is 22.9 Å². The molecule has 0 saturated heterocycles. The predicted molar refractivity (Wildman–Crippen MR) is 138 cm³/mol. The van der Waals surface area contributed by atoms with Crippen molar-refractivity contribution in [3.8, 4) is 22.9 Å². The van der Waals surface area contributed by atoms with Crippen LogP contribution < -0.4 is 10.6 Å². The molecule has 12 heteroatoms. The van der Waals surface area contributed by atoms with Crippen molar-refractivity contribution in [2.75, 3.05) is 11.9 Å². The average molecular weight is 528 g/mol. The van der Waals surface area contributed by atoms with Gasteiger partial charge in [-0.2, -0.15) is 5.10 Å². The van der Waals surface area contributed by atoms with E-state index in [0.717, 1.165) is 5.56 Å². The van der Waals surface area contributed by atoms with Gasteiger partial charge in [-0.05, 0) is 23.8 Å². The van der Waals surface area contributed by atoms with Gasteiger partial charge in [0.1, 0.15) is 42.4 Å². The highest BCUT2D eigenvalue weighted by Crippen LogP contribution is 2.25. The van der Waals surface area contributed by atoms with Gasteiger partial charge in [-0.15, -0.1) is 0 Å². The van der Waals surface area contributed by atoms with E-state index >= 15 is 0 Å². The molecule has 0 saturated carbocycles. The van der Waals surface area contributed by atoms with E-state index in [1.807, 2.05) is 30.3 Å². The molecular weight excluding hydrogens is 505 g/mol. The molecule has 0 atom stereocenters. The fourth-order valence-electron chi connectivity index (χ4n) is 3.65. The Morgan fingerprint density at radius 1 is 1.00 bits per heavy atom. The third-order valence-electron chi connectivity index (χ3n) is 5.52. The van der Waals surface area contributed by atoms with E-state index in [1.165, 1.54) is 24.6 Å². The number of ether oxygens (including phenoxy) is 1. The minimum atomic E-state index is -0.724. The number of carbonyl (C=O) groups is 2. The SMILES string of the molecule is O=C(CNC(=O)OCc1ccccc1)Nc1ccnc(-c2cc(-c3ccon3)n(Cc3ccccc3F)n2)n1. The predicted octanol–water partition coefficient (Wildman–Crippen LogP) is 4.05. The van der Waals surface area contributed by atoms with Gasteiger partial charge in [0.25, 0.3) is 0 Å². The van der Waals surface area contributed by atoms with E-state index in [2.05, 4.69) is 30.9 Å². The number of aromatic nitrogens is 5. The van der Waals surface area contributed by atoms with Crippen LogP contribution in [0.4, 0.5) is 15.0 Å². The highest BCUT2D eigenvalue weighted by Gasteiger charge is 2.17. The molecule has 0 unspecified atom stereocenters. The van der Waals surface area contributed by atoms with Gasteiger partial charge < -0.3 is 19.9 Å². The Kier molecular flexibility index (Phi) is 7.63. The van der Waals surface area contributed by atoms with Gasteiger partial charge in [0.05, 0.1) is 12.2 Å². The van der Waals surface area contributed by atoms with Crippen LogP contribution in [-0.2, 0) is 22.7 Å². The van der Waals surface area contributed by atoms with E-state index < -0.39 is 12.0 Å². The second-order valence-electron chi connectivity index (χ2n) is 8.28. The molecule has 5 rings (SSSR count). The highest BCUT2D eigenvalue weighted by molar-refractivity contribution is 5.93. The number of halogens is 1. The zero-order valence-electron chi connectivity index (χ0n) is 20.5. The number of nitrogens with zero attached hydrogens (tertiary/aromatic N) is 5. The standard InChI is InChI=1S/C27H22FN7O4/c28-20-9-5-4-8-19(20)16-35-23(21-11-13-39-34-21)14-22(33-35)26-29-12-10-24(32-26)31-25(36)15-30-27(37)38-17-18-6-2-1-3-7-18/h1-14H,15-17H2,(H,30,37)(H,29,31,32,36). The Bertz CT molecular complexity index is 1570. The van der Waals surface area contributed by atoms with Crippen molar-refractivity contribution in [2.24, 2.45) is 0 Å². The smallest absolute Gasteiger partial charge is 0.407 e. The lowest BCUT2D eigenvalue weighted by Gasteiger charge is -2.08. The first kappa shape index (κ1) is 25.3. The van der Waals surface area contributed by atoms with Gasteiger partial charge in [0.2, 0.25) is 5.91 Å². The molecule has 0 aliphatic heterocycles. The maximum absolute atomic E-state index is 14.3. The van der Waals surface area contributed by atoms with Gasteiger partial charge in [-0.1, -0.05) is 53.7 Å². The lowest BCUT2D eigenvalue weighted by Crippen LogP contribution is -2.33. The molecule has 39 heavy (non-hydrogen) atoms. The van der Waals surface area contributed by atoms with Crippen LogP contribution in [-0.4, -0.2) is 43.5 Å². The zero-order valence-corrected chi connectivity index (χ0v) is 20.5. The van der Waals surface area contributed by atoms with Gasteiger partial charge in [0, 0.05) is 17.8 Å². The number of nitrogens with one attached hydrogen (secondary N) is 2. The Morgan fingerprint density at radius 3 is 2.62 bits per heavy atom. The number of amides is 2. The summed E-state index contributed by atoms with van der Waals surface area (Å²) in [5.74, 6) is -0.444. The Labute approximate surface area is 221 Å². The number of alkyl carbamates (subject to hydrolysis) is 1. The first-order valence-electron chi connectivity index (χ1n) is 11.8. The molecule has 196 valence electrons. The van der Waals surface area contributed by atoms with Crippen molar-refractivity contribution in [2.45, 2.75) is 13.2 Å². The van der Waals surface area contributed by atoms with Crippen LogP contribution in [0.5, 0.6) is 0 Å². The maximum atomic E-state index is 14.3. The number of benzene rings is 2. The molecule has 0 radical (unpaired) electrons. The molecule has 3 aromatic heterocycles. The molecule has 5 aromatic rings. The molecule has 0 spiro atoms. The van der Waals surface area contributed by atoms with E-state index in [4.69, 9.17) is 9.26 Å². The molecule has 0 bridgehead atoms. The van der Waals surface area contributed by atoms with Crippen molar-refractivity contribution in [3.05, 3.63) is 102 Å². The maximum Gasteiger partial charge on any atom is 0.407 e. The van der Waals surface area contributed by atoms with Crippen LogP contribution in [0.2, 0.25) is 0 Å². The third-order valence-corrected chi connectivity index (χ3v) is 5.52. The lowest BCUT2D eigenvalue weighted by molar-refractivity contribution is -0.115. The average Bonchev–Trinajstić information content (AvgIpc) is 3.63. The van der Waals surface area contributed by atoms with E-state index in [0.29, 0.717) is 22.6 Å². The molecule has 0 fully saturated rings. The van der Waals surface area contributed by atoms with E-state index in [-0.39, 0.29) is 37.2 Å². The first-order chi connectivity index (χ1) is 19.0. The van der Waals surface area contributed by atoms with Gasteiger partial charge in [0.15, 0.2) is 5.82 Å². The summed E-state index contributed by atoms with van der Waals surface area (Å²) in [7, 11) is 0. The Morgan fingerprint density at radius 2 is 1.82 bits per heavy atom. The molecule has 0 aliphatic carbocycles. The van der Waals surface area contributed by atoms with Crippen molar-refractivity contribution in [1.82, 2.24) is 30.2 Å². The van der Waals surface area contributed by atoms with Crippen molar-refractivity contribution < 1.29 is 23.2 Å². The summed E-state index contributed by atoms with van der Waals surface area (Å²) in [4.78, 5) is 32.9. The largest absolute Gasteiger partial charge is 0.445 e. The molecule has 2 N–H and O–H groups in total. The summed E-state index contributed by atoms with van der Waals surface area (Å²) in [5.41, 5.74) is 2.71. The number of hydrogen-bond donors (Lipinski definition) is 2. The van der Waals surface area contributed by atoms with Gasteiger partial charge in [-0.3, -0.25) is 9.48 Å². The normalized spacial score (nSPS) is 10.7. The molecule has 3 heterocycles. The summed E-state index contributed by atoms with van der Waals surface area (Å²) >= 11 is 0. The molecule has 11 nitrogen and oxygen atoms in total. The summed E-state index contributed by atoms with van der Waals surface area (Å²) in [6, 6.07) is 20.4. The van der Waals surface area contributed by atoms with Crippen molar-refractivity contribution >= 4 is 17.8 Å². The van der Waals surface area contributed by atoms with Crippen molar-refractivity contribution in [1.29, 1.82) is 0 Å². The second-order valence-corrected chi connectivity index (χ2v) is 8.28. The van der Waals surface area contributed by atoms with Crippen LogP contribution in [0.3, 0.4) is 0 Å². The minimum Gasteiger partial charge on any atom is -0.445 e. The fourth-order valence-corrected chi connectivity index (χ4v) is 3.65. The van der Waals surface area contributed by atoms with Crippen molar-refractivity contribution in [3.63, 3.8) is 0 Å². The monoisotopic (exact) mass is 527 g/mol. The summed E-state index contributed by atoms with van der Waals surface area (Å²) in [6.07, 6.45) is 2.16. The van der Waals surface area contributed by atoms with Crippen LogP contribution in [0.15, 0.2) is 89.8 Å². The summed E-state index contributed by atoms with van der Waals surface area (Å²) in [6.45, 7) is -0.0959. The van der Waals surface area contributed by atoms with E-state index in [9.17, 15) is 14.0 Å². The number of carbonyl (C=O) groups excluding carboxylic acids is 2. The molecule has 2 aromatic carbocycles. The summed E-state index contributed by atoms with van der Waals surface area (Å²) in [5, 5.41) is 13.5. The minimum absolute atomic E-state index is 0.0868. The zero-order chi connectivity index (χ0) is 27.0. The number of hydrogen-bond acceptors (Lipinski definition) is 8. The number of anilines is 1. The first-order valence-corrected chi connectivity index (χ1v) is 11.8. The molecular formula is C27H22FN7O4. The number of rotatable bonds is 9. The van der Waals surface area contributed by atoms with E-state index in [1.54, 1.807) is 35.0 Å². The van der Waals surface area contributed by atoms with Crippen LogP contribution >= 0.6 is 0 Å². The topological polar surface area (TPSA) is 137 Å². The lowest BCUT2D eigenvalue weighted by atomic mass is 10.2. The summed E-state index contributed by atoms with van der Waals surface area (Å²) < 4.78 is 26.0. The molecule has 0 aliphatic rings. The van der Waals surface area contributed by atoms with Gasteiger partial charge in [-0.25, -0.2) is 19.2 Å². The van der Waals surface area contributed by atoms with Crippen LogP contribution in [0, 0.1) is 5.82 Å². The Balaban J connectivity index is 1.25. The highest BCUT2D eigenvalue weighted by atomic mass is 19.1. The Hall–Kier alpha value is -5.39.